The summed E-state index contributed by atoms with van der Waals surface area (Å²) in [5.41, 5.74) is 1.87. The van der Waals surface area contributed by atoms with E-state index in [-0.39, 0.29) is 24.1 Å². The lowest BCUT2D eigenvalue weighted by Gasteiger charge is -2.32. The second kappa shape index (κ2) is 9.26. The van der Waals surface area contributed by atoms with Crippen molar-refractivity contribution in [3.05, 3.63) is 68.6 Å². The van der Waals surface area contributed by atoms with Crippen molar-refractivity contribution in [2.75, 3.05) is 0 Å². The minimum atomic E-state index is -0.353. The molecule has 1 heterocycles. The molecule has 0 radical (unpaired) electrons. The SMILES string of the molecule is CCCCC(c1cccc(Br)c1)C(B1OC(C)(C)C(C)(C)O1)c1cccc(Br)c1. The summed E-state index contributed by atoms with van der Waals surface area (Å²) in [4.78, 5) is 0. The Balaban J connectivity index is 2.09. The highest BCUT2D eigenvalue weighted by atomic mass is 79.9. The van der Waals surface area contributed by atoms with E-state index in [9.17, 15) is 0 Å². The summed E-state index contributed by atoms with van der Waals surface area (Å²) in [6.07, 6.45) is 3.43. The molecule has 0 spiro atoms. The Hall–Kier alpha value is -0.615. The Morgan fingerprint density at radius 3 is 1.90 bits per heavy atom. The van der Waals surface area contributed by atoms with E-state index in [1.807, 2.05) is 0 Å². The van der Waals surface area contributed by atoms with Crippen molar-refractivity contribution >= 4 is 39.0 Å². The van der Waals surface area contributed by atoms with Gasteiger partial charge in [0, 0.05) is 14.8 Å². The molecule has 1 aliphatic rings. The van der Waals surface area contributed by atoms with Crippen LogP contribution in [0.4, 0.5) is 0 Å². The van der Waals surface area contributed by atoms with Crippen LogP contribution in [0.15, 0.2) is 57.5 Å². The fourth-order valence-corrected chi connectivity index (χ4v) is 4.88. The summed E-state index contributed by atoms with van der Waals surface area (Å²) >= 11 is 7.33. The maximum Gasteiger partial charge on any atom is 0.466 e. The van der Waals surface area contributed by atoms with Gasteiger partial charge in [0.05, 0.1) is 11.2 Å². The van der Waals surface area contributed by atoms with Gasteiger partial charge in [-0.2, -0.15) is 0 Å². The van der Waals surface area contributed by atoms with E-state index in [1.54, 1.807) is 0 Å². The first-order chi connectivity index (χ1) is 13.6. The molecule has 29 heavy (non-hydrogen) atoms. The summed E-state index contributed by atoms with van der Waals surface area (Å²) in [5.74, 6) is 0.408. The van der Waals surface area contributed by atoms with Crippen LogP contribution in [-0.4, -0.2) is 18.3 Å². The van der Waals surface area contributed by atoms with Gasteiger partial charge >= 0.3 is 7.12 Å². The molecule has 0 aromatic heterocycles. The Morgan fingerprint density at radius 2 is 1.38 bits per heavy atom. The van der Waals surface area contributed by atoms with E-state index >= 15 is 0 Å². The zero-order valence-electron chi connectivity index (χ0n) is 18.0. The van der Waals surface area contributed by atoms with Crippen molar-refractivity contribution < 1.29 is 9.31 Å². The van der Waals surface area contributed by atoms with Crippen molar-refractivity contribution in [1.82, 2.24) is 0 Å². The van der Waals surface area contributed by atoms with E-state index in [4.69, 9.17) is 9.31 Å². The Labute approximate surface area is 193 Å². The second-order valence-electron chi connectivity index (χ2n) is 9.01. The van der Waals surface area contributed by atoms with E-state index in [0.717, 1.165) is 15.4 Å². The molecule has 0 aliphatic carbocycles. The van der Waals surface area contributed by atoms with Crippen molar-refractivity contribution in [3.63, 3.8) is 0 Å². The Morgan fingerprint density at radius 1 is 0.862 bits per heavy atom. The molecule has 2 atom stereocenters. The first-order valence-electron chi connectivity index (χ1n) is 10.5. The number of hydrogen-bond donors (Lipinski definition) is 0. The first-order valence-corrected chi connectivity index (χ1v) is 12.1. The monoisotopic (exact) mass is 520 g/mol. The van der Waals surface area contributed by atoms with Crippen LogP contribution in [-0.2, 0) is 9.31 Å². The molecular formula is C24H31BBr2O2. The largest absolute Gasteiger partial charge is 0.466 e. The van der Waals surface area contributed by atoms with Gasteiger partial charge in [0.25, 0.3) is 0 Å². The zero-order chi connectivity index (χ0) is 21.2. The van der Waals surface area contributed by atoms with Crippen molar-refractivity contribution in [3.8, 4) is 0 Å². The molecule has 2 aromatic carbocycles. The lowest BCUT2D eigenvalue weighted by atomic mass is 9.59. The molecule has 2 nitrogen and oxygen atoms in total. The number of hydrogen-bond acceptors (Lipinski definition) is 2. The predicted molar refractivity (Wildman–Crippen MR) is 129 cm³/mol. The van der Waals surface area contributed by atoms with Crippen LogP contribution in [0.25, 0.3) is 0 Å². The van der Waals surface area contributed by atoms with E-state index in [2.05, 4.69) is 115 Å². The number of halogens is 2. The molecule has 0 saturated carbocycles. The maximum absolute atomic E-state index is 6.58. The fourth-order valence-electron chi connectivity index (χ4n) is 4.04. The minimum Gasteiger partial charge on any atom is -0.403 e. The van der Waals surface area contributed by atoms with Gasteiger partial charge in [0.15, 0.2) is 0 Å². The summed E-state index contributed by atoms with van der Waals surface area (Å²) in [7, 11) is -0.296. The van der Waals surface area contributed by atoms with Crippen molar-refractivity contribution in [2.24, 2.45) is 0 Å². The highest BCUT2D eigenvalue weighted by molar-refractivity contribution is 9.10. The average Bonchev–Trinajstić information content (AvgIpc) is 2.85. The van der Waals surface area contributed by atoms with Crippen molar-refractivity contribution in [1.29, 1.82) is 0 Å². The average molecular weight is 522 g/mol. The molecule has 0 N–H and O–H groups in total. The normalized spacial score (nSPS) is 19.9. The quantitative estimate of drug-likeness (QED) is 0.345. The molecule has 0 amide bonds. The topological polar surface area (TPSA) is 18.5 Å². The molecule has 5 heteroatoms. The lowest BCUT2D eigenvalue weighted by molar-refractivity contribution is 0.00578. The van der Waals surface area contributed by atoms with Gasteiger partial charge in [-0.15, -0.1) is 0 Å². The van der Waals surface area contributed by atoms with Crippen LogP contribution in [0, 0.1) is 0 Å². The van der Waals surface area contributed by atoms with Gasteiger partial charge < -0.3 is 9.31 Å². The minimum absolute atomic E-state index is 0.106. The van der Waals surface area contributed by atoms with Gasteiger partial charge in [-0.3, -0.25) is 0 Å². The fraction of sp³-hybridized carbons (Fsp3) is 0.500. The number of unbranched alkanes of at least 4 members (excludes halogenated alkanes) is 1. The van der Waals surface area contributed by atoms with Crippen LogP contribution in [0.3, 0.4) is 0 Å². The molecule has 0 bridgehead atoms. The van der Waals surface area contributed by atoms with Gasteiger partial charge in [0.2, 0.25) is 0 Å². The maximum atomic E-state index is 6.58. The van der Waals surface area contributed by atoms with Crippen LogP contribution >= 0.6 is 31.9 Å². The molecule has 156 valence electrons. The van der Waals surface area contributed by atoms with Crippen LogP contribution in [0.5, 0.6) is 0 Å². The highest BCUT2D eigenvalue weighted by Crippen LogP contribution is 2.47. The Bertz CT molecular complexity index is 821. The summed E-state index contributed by atoms with van der Waals surface area (Å²) in [6, 6.07) is 17.3. The van der Waals surface area contributed by atoms with Gasteiger partial charge in [-0.1, -0.05) is 75.9 Å². The standard InChI is InChI=1S/C24H31BBr2O2/c1-6-7-14-21(17-10-8-12-19(26)15-17)22(18-11-9-13-20(27)16-18)25-28-23(2,3)24(4,5)29-25/h8-13,15-16,21-22H,6-7,14H2,1-5H3. The third kappa shape index (κ3) is 5.18. The summed E-state index contributed by atoms with van der Waals surface area (Å²) in [6.45, 7) is 10.8. The van der Waals surface area contributed by atoms with Crippen LogP contribution in [0.2, 0.25) is 0 Å². The third-order valence-electron chi connectivity index (χ3n) is 6.38. The highest BCUT2D eigenvalue weighted by Gasteiger charge is 2.55. The van der Waals surface area contributed by atoms with Crippen LogP contribution < -0.4 is 0 Å². The number of benzene rings is 2. The van der Waals surface area contributed by atoms with E-state index in [0.29, 0.717) is 5.92 Å². The van der Waals surface area contributed by atoms with Gasteiger partial charge in [0.1, 0.15) is 0 Å². The Kier molecular flexibility index (Phi) is 7.36. The number of rotatable bonds is 7. The first kappa shape index (κ1) is 23.1. The molecular weight excluding hydrogens is 491 g/mol. The molecule has 1 fully saturated rings. The van der Waals surface area contributed by atoms with Gasteiger partial charge in [-0.25, -0.2) is 0 Å². The molecule has 2 aromatic rings. The summed E-state index contributed by atoms with van der Waals surface area (Å²) in [5, 5.41) is 0. The van der Waals surface area contributed by atoms with Crippen LogP contribution in [0.1, 0.15) is 76.7 Å². The second-order valence-corrected chi connectivity index (χ2v) is 10.8. The third-order valence-corrected chi connectivity index (χ3v) is 7.36. The predicted octanol–water partition coefficient (Wildman–Crippen LogP) is 7.90. The molecule has 1 saturated heterocycles. The molecule has 3 rings (SSSR count). The lowest BCUT2D eigenvalue weighted by Crippen LogP contribution is -2.41. The summed E-state index contributed by atoms with van der Waals surface area (Å²) < 4.78 is 15.4. The molecule has 1 aliphatic heterocycles. The van der Waals surface area contributed by atoms with Crippen molar-refractivity contribution in [2.45, 2.75) is 76.8 Å². The zero-order valence-corrected chi connectivity index (χ0v) is 21.2. The molecule has 2 unspecified atom stereocenters. The van der Waals surface area contributed by atoms with E-state index < -0.39 is 0 Å². The smallest absolute Gasteiger partial charge is 0.403 e. The van der Waals surface area contributed by atoms with Gasteiger partial charge in [-0.05, 0) is 75.4 Å². The van der Waals surface area contributed by atoms with E-state index in [1.165, 1.54) is 24.0 Å².